The summed E-state index contributed by atoms with van der Waals surface area (Å²) in [5.74, 6) is -0.113. The van der Waals surface area contributed by atoms with Gasteiger partial charge in [0.2, 0.25) is 0 Å². The van der Waals surface area contributed by atoms with Crippen molar-refractivity contribution in [1.82, 2.24) is 4.98 Å². The Bertz CT molecular complexity index is 743. The maximum atomic E-state index is 11.5. The van der Waals surface area contributed by atoms with Gasteiger partial charge in [-0.25, -0.2) is 9.78 Å². The lowest BCUT2D eigenvalue weighted by atomic mass is 10.1. The van der Waals surface area contributed by atoms with Crippen molar-refractivity contribution in [2.75, 3.05) is 12.3 Å². The molecule has 0 spiro atoms. The molecule has 2 N–H and O–H groups in total. The lowest BCUT2D eigenvalue weighted by molar-refractivity contribution is 0.0526. The predicted molar refractivity (Wildman–Crippen MR) is 84.7 cm³/mol. The molecule has 0 aliphatic heterocycles. The molecule has 0 saturated heterocycles. The number of nitriles is 1. The van der Waals surface area contributed by atoms with Gasteiger partial charge in [0, 0.05) is 6.20 Å². The van der Waals surface area contributed by atoms with Gasteiger partial charge < -0.3 is 10.5 Å². The van der Waals surface area contributed by atoms with Crippen LogP contribution in [0.4, 0.5) is 5.82 Å². The highest BCUT2D eigenvalue weighted by molar-refractivity contribution is 5.89. The van der Waals surface area contributed by atoms with Gasteiger partial charge in [0.15, 0.2) is 0 Å². The summed E-state index contributed by atoms with van der Waals surface area (Å²) in [7, 11) is 0. The Hall–Kier alpha value is -3.13. The Kier molecular flexibility index (Phi) is 4.89. The quantitative estimate of drug-likeness (QED) is 0.875. The number of nitrogens with two attached hydrogens (primary N) is 1. The third kappa shape index (κ3) is 3.70. The topological polar surface area (TPSA) is 89.0 Å². The van der Waals surface area contributed by atoms with E-state index >= 15 is 0 Å². The highest BCUT2D eigenvalue weighted by Crippen LogP contribution is 2.13. The van der Waals surface area contributed by atoms with Crippen LogP contribution in [0, 0.1) is 11.3 Å². The first-order chi connectivity index (χ1) is 10.6. The highest BCUT2D eigenvalue weighted by Gasteiger charge is 2.04. The fraction of sp³-hybridized carbons (Fsp3) is 0.118. The van der Waals surface area contributed by atoms with E-state index in [0.717, 1.165) is 11.1 Å². The van der Waals surface area contributed by atoms with E-state index in [2.05, 4.69) is 4.98 Å². The number of aromatic nitrogens is 1. The number of nitrogens with zero attached hydrogens (tertiary/aromatic N) is 2. The van der Waals surface area contributed by atoms with Gasteiger partial charge in [-0.2, -0.15) is 5.26 Å². The molecule has 2 rings (SSSR count). The number of hydrogen-bond acceptors (Lipinski definition) is 5. The molecular formula is C17H15N3O2. The number of esters is 1. The Morgan fingerprint density at radius 2 is 2.00 bits per heavy atom. The number of carbonyl (C=O) groups is 1. The van der Waals surface area contributed by atoms with E-state index in [1.165, 1.54) is 0 Å². The van der Waals surface area contributed by atoms with Crippen molar-refractivity contribution in [2.24, 2.45) is 0 Å². The number of rotatable bonds is 4. The number of pyridine rings is 1. The zero-order chi connectivity index (χ0) is 15.9. The summed E-state index contributed by atoms with van der Waals surface area (Å²) in [6.45, 7) is 2.12. The molecule has 5 nitrogen and oxygen atoms in total. The van der Waals surface area contributed by atoms with Crippen molar-refractivity contribution in [3.8, 4) is 6.07 Å². The summed E-state index contributed by atoms with van der Waals surface area (Å²) in [5.41, 5.74) is 8.13. The summed E-state index contributed by atoms with van der Waals surface area (Å²) in [6, 6.07) is 10.7. The van der Waals surface area contributed by atoms with Gasteiger partial charge in [-0.3, -0.25) is 0 Å². The summed E-state index contributed by atoms with van der Waals surface area (Å²) in [6.07, 6.45) is 5.29. The van der Waals surface area contributed by atoms with Gasteiger partial charge in [0.1, 0.15) is 11.9 Å². The van der Waals surface area contributed by atoms with E-state index in [9.17, 15) is 4.79 Å². The van der Waals surface area contributed by atoms with E-state index in [1.807, 2.05) is 30.4 Å². The van der Waals surface area contributed by atoms with E-state index in [4.69, 9.17) is 15.7 Å². The zero-order valence-electron chi connectivity index (χ0n) is 12.1. The Morgan fingerprint density at radius 1 is 1.32 bits per heavy atom. The maximum Gasteiger partial charge on any atom is 0.338 e. The zero-order valence-corrected chi connectivity index (χ0v) is 12.1. The fourth-order valence-electron chi connectivity index (χ4n) is 1.81. The normalized spacial score (nSPS) is 10.4. The second-order valence-electron chi connectivity index (χ2n) is 4.49. The van der Waals surface area contributed by atoms with E-state index in [-0.39, 0.29) is 11.8 Å². The molecule has 0 bridgehead atoms. The molecule has 1 aromatic carbocycles. The molecule has 110 valence electrons. The van der Waals surface area contributed by atoms with Crippen LogP contribution >= 0.6 is 0 Å². The van der Waals surface area contributed by atoms with Gasteiger partial charge in [-0.05, 0) is 36.2 Å². The van der Waals surface area contributed by atoms with E-state index in [1.54, 1.807) is 31.3 Å². The number of nitrogen functional groups attached to an aromatic ring is 1. The monoisotopic (exact) mass is 293 g/mol. The van der Waals surface area contributed by atoms with Crippen LogP contribution in [-0.4, -0.2) is 17.6 Å². The minimum atomic E-state index is -0.334. The largest absolute Gasteiger partial charge is 0.462 e. The molecule has 1 heterocycles. The smallest absolute Gasteiger partial charge is 0.338 e. The number of ether oxygens (including phenoxy) is 1. The molecule has 0 aliphatic carbocycles. The molecule has 1 aromatic heterocycles. The van der Waals surface area contributed by atoms with Crippen molar-refractivity contribution in [3.05, 3.63) is 58.8 Å². The summed E-state index contributed by atoms with van der Waals surface area (Å²) in [5, 5.41) is 8.92. The second-order valence-corrected chi connectivity index (χ2v) is 4.49. The molecule has 0 unspecified atom stereocenters. The molecule has 5 heteroatoms. The summed E-state index contributed by atoms with van der Waals surface area (Å²) < 4.78 is 4.93. The SMILES string of the molecule is CCOC(=O)c1ccc(/C=C/c2cnc(N)c(C#N)c2)cc1. The molecule has 22 heavy (non-hydrogen) atoms. The summed E-state index contributed by atoms with van der Waals surface area (Å²) >= 11 is 0. The van der Waals surface area contributed by atoms with Crippen LogP contribution < -0.4 is 5.73 Å². The van der Waals surface area contributed by atoms with Crippen molar-refractivity contribution in [2.45, 2.75) is 6.92 Å². The molecule has 0 amide bonds. The molecule has 0 atom stereocenters. The fourth-order valence-corrected chi connectivity index (χ4v) is 1.81. The van der Waals surface area contributed by atoms with Gasteiger partial charge >= 0.3 is 5.97 Å². The minimum Gasteiger partial charge on any atom is -0.462 e. The van der Waals surface area contributed by atoms with Crippen LogP contribution in [0.5, 0.6) is 0 Å². The van der Waals surface area contributed by atoms with E-state index < -0.39 is 0 Å². The Morgan fingerprint density at radius 3 is 2.64 bits per heavy atom. The van der Waals surface area contributed by atoms with Crippen LogP contribution in [0.1, 0.15) is 34.0 Å². The molecule has 0 radical (unpaired) electrons. The third-order valence-corrected chi connectivity index (χ3v) is 2.95. The van der Waals surface area contributed by atoms with Crippen LogP contribution in [-0.2, 0) is 4.74 Å². The Labute approximate surface area is 128 Å². The summed E-state index contributed by atoms with van der Waals surface area (Å²) in [4.78, 5) is 15.5. The van der Waals surface area contributed by atoms with Crippen LogP contribution in [0.2, 0.25) is 0 Å². The van der Waals surface area contributed by atoms with Crippen molar-refractivity contribution in [1.29, 1.82) is 5.26 Å². The van der Waals surface area contributed by atoms with Gasteiger partial charge in [-0.1, -0.05) is 24.3 Å². The predicted octanol–water partition coefficient (Wildman–Crippen LogP) is 2.88. The molecule has 2 aromatic rings. The van der Waals surface area contributed by atoms with Crippen molar-refractivity contribution >= 4 is 23.9 Å². The Balaban J connectivity index is 2.14. The maximum absolute atomic E-state index is 11.5. The van der Waals surface area contributed by atoms with Crippen LogP contribution in [0.25, 0.3) is 12.2 Å². The van der Waals surface area contributed by atoms with Crippen molar-refractivity contribution in [3.63, 3.8) is 0 Å². The standard InChI is InChI=1S/C17H15N3O2/c1-2-22-17(21)14-7-5-12(6-8-14)3-4-13-9-15(10-18)16(19)20-11-13/h3-9,11H,2H2,1H3,(H2,19,20)/b4-3+. The average Bonchev–Trinajstić information content (AvgIpc) is 2.55. The lowest BCUT2D eigenvalue weighted by Gasteiger charge is -2.02. The molecule has 0 aliphatic rings. The first kappa shape index (κ1) is 15.3. The van der Waals surface area contributed by atoms with Gasteiger partial charge in [-0.15, -0.1) is 0 Å². The van der Waals surface area contributed by atoms with Crippen LogP contribution in [0.3, 0.4) is 0 Å². The number of carbonyl (C=O) groups excluding carboxylic acids is 1. The molecular weight excluding hydrogens is 278 g/mol. The van der Waals surface area contributed by atoms with Gasteiger partial charge in [0.25, 0.3) is 0 Å². The average molecular weight is 293 g/mol. The number of benzene rings is 1. The third-order valence-electron chi connectivity index (χ3n) is 2.95. The first-order valence-corrected chi connectivity index (χ1v) is 6.75. The number of hydrogen-bond donors (Lipinski definition) is 1. The van der Waals surface area contributed by atoms with Crippen molar-refractivity contribution < 1.29 is 9.53 Å². The second kappa shape index (κ2) is 7.04. The number of anilines is 1. The highest BCUT2D eigenvalue weighted by atomic mass is 16.5. The van der Waals surface area contributed by atoms with Gasteiger partial charge in [0.05, 0.1) is 17.7 Å². The molecule has 0 fully saturated rings. The van der Waals surface area contributed by atoms with E-state index in [0.29, 0.717) is 17.7 Å². The minimum absolute atomic E-state index is 0.221. The lowest BCUT2D eigenvalue weighted by Crippen LogP contribution is -2.03. The first-order valence-electron chi connectivity index (χ1n) is 6.75. The van der Waals surface area contributed by atoms with Crippen LogP contribution in [0.15, 0.2) is 36.5 Å². The molecule has 0 saturated carbocycles.